The van der Waals surface area contributed by atoms with Gasteiger partial charge in [0.05, 0.1) is 15.7 Å². The Hall–Kier alpha value is -1.56. The van der Waals surface area contributed by atoms with Crippen molar-refractivity contribution in [3.05, 3.63) is 40.0 Å². The molecule has 1 aromatic carbocycles. The lowest BCUT2D eigenvalue weighted by molar-refractivity contribution is 0.0946. The number of aryl methyl sites for hydroxylation is 1. The molecule has 1 aromatic heterocycles. The highest BCUT2D eigenvalue weighted by Crippen LogP contribution is 2.28. The van der Waals surface area contributed by atoms with Crippen LogP contribution >= 0.6 is 23.2 Å². The van der Waals surface area contributed by atoms with Crippen LogP contribution in [0.25, 0.3) is 11.3 Å². The molecule has 0 spiro atoms. The van der Waals surface area contributed by atoms with Crippen molar-refractivity contribution in [2.45, 2.75) is 6.42 Å². The first-order valence-electron chi connectivity index (χ1n) is 7.31. The summed E-state index contributed by atoms with van der Waals surface area (Å²) in [5.74, 6) is -0.175. The highest BCUT2D eigenvalue weighted by atomic mass is 35.5. The van der Waals surface area contributed by atoms with Gasteiger partial charge < -0.3 is 10.2 Å². The van der Waals surface area contributed by atoms with E-state index in [0.717, 1.165) is 24.2 Å². The van der Waals surface area contributed by atoms with E-state index >= 15 is 0 Å². The normalized spacial score (nSPS) is 11.0. The van der Waals surface area contributed by atoms with Crippen LogP contribution in [0.5, 0.6) is 0 Å². The van der Waals surface area contributed by atoms with Gasteiger partial charge in [0.15, 0.2) is 5.69 Å². The van der Waals surface area contributed by atoms with Gasteiger partial charge >= 0.3 is 0 Å². The number of hydrogen-bond acceptors (Lipinski definition) is 3. The largest absolute Gasteiger partial charge is 0.351 e. The summed E-state index contributed by atoms with van der Waals surface area (Å²) < 4.78 is 1.66. The number of aromatic nitrogens is 2. The smallest absolute Gasteiger partial charge is 0.271 e. The molecule has 1 heterocycles. The van der Waals surface area contributed by atoms with Gasteiger partial charge in [-0.15, -0.1) is 0 Å². The Morgan fingerprint density at radius 2 is 2.00 bits per heavy atom. The van der Waals surface area contributed by atoms with Gasteiger partial charge in [0.25, 0.3) is 5.91 Å². The SMILES string of the molecule is CN(C)CCCNC(=O)c1cc(-c2ccc(Cl)c(Cl)c2)n(C)n1. The van der Waals surface area contributed by atoms with E-state index in [1.165, 1.54) is 0 Å². The van der Waals surface area contributed by atoms with Crippen LogP contribution in [0.15, 0.2) is 24.3 Å². The molecule has 0 radical (unpaired) electrons. The highest BCUT2D eigenvalue weighted by Gasteiger charge is 2.14. The molecule has 0 saturated heterocycles. The molecule has 2 rings (SSSR count). The van der Waals surface area contributed by atoms with Crippen LogP contribution in [-0.4, -0.2) is 47.8 Å². The third-order valence-electron chi connectivity index (χ3n) is 3.40. The summed E-state index contributed by atoms with van der Waals surface area (Å²) >= 11 is 12.0. The van der Waals surface area contributed by atoms with Crippen molar-refractivity contribution < 1.29 is 4.79 Å². The summed E-state index contributed by atoms with van der Waals surface area (Å²) in [6, 6.07) is 7.09. The zero-order valence-corrected chi connectivity index (χ0v) is 14.9. The maximum atomic E-state index is 12.2. The summed E-state index contributed by atoms with van der Waals surface area (Å²) in [7, 11) is 5.80. The third-order valence-corrected chi connectivity index (χ3v) is 4.13. The highest BCUT2D eigenvalue weighted by molar-refractivity contribution is 6.42. The number of rotatable bonds is 6. The molecule has 0 atom stereocenters. The molecule has 23 heavy (non-hydrogen) atoms. The number of hydrogen-bond donors (Lipinski definition) is 1. The minimum Gasteiger partial charge on any atom is -0.351 e. The monoisotopic (exact) mass is 354 g/mol. The lowest BCUT2D eigenvalue weighted by Gasteiger charge is -2.09. The third kappa shape index (κ3) is 4.70. The molecule has 124 valence electrons. The zero-order valence-electron chi connectivity index (χ0n) is 13.4. The Balaban J connectivity index is 2.08. The molecular formula is C16H20Cl2N4O. The Kier molecular flexibility index (Phi) is 6.04. The van der Waals surface area contributed by atoms with Crippen LogP contribution in [0.4, 0.5) is 0 Å². The van der Waals surface area contributed by atoms with Crippen LogP contribution in [0.3, 0.4) is 0 Å². The molecule has 0 unspecified atom stereocenters. The standard InChI is InChI=1S/C16H20Cl2N4O/c1-21(2)8-4-7-19-16(23)14-10-15(22(3)20-14)11-5-6-12(17)13(18)9-11/h5-6,9-10H,4,7-8H2,1-3H3,(H,19,23). The fourth-order valence-electron chi connectivity index (χ4n) is 2.19. The zero-order chi connectivity index (χ0) is 17.0. The Morgan fingerprint density at radius 1 is 1.26 bits per heavy atom. The van der Waals surface area contributed by atoms with Crippen molar-refractivity contribution >= 4 is 29.1 Å². The van der Waals surface area contributed by atoms with Crippen molar-refractivity contribution in [1.29, 1.82) is 0 Å². The molecule has 1 N–H and O–H groups in total. The predicted molar refractivity (Wildman–Crippen MR) is 94.2 cm³/mol. The van der Waals surface area contributed by atoms with Gasteiger partial charge in [-0.25, -0.2) is 0 Å². The summed E-state index contributed by atoms with van der Waals surface area (Å²) in [5, 5.41) is 8.12. The second kappa shape index (κ2) is 7.81. The van der Waals surface area contributed by atoms with Gasteiger partial charge in [0.2, 0.25) is 0 Å². The van der Waals surface area contributed by atoms with E-state index in [1.807, 2.05) is 20.2 Å². The number of nitrogens with zero attached hydrogens (tertiary/aromatic N) is 3. The van der Waals surface area contributed by atoms with Crippen molar-refractivity contribution in [3.8, 4) is 11.3 Å². The quantitative estimate of drug-likeness (QED) is 0.811. The summed E-state index contributed by atoms with van der Waals surface area (Å²) in [4.78, 5) is 14.2. The minimum absolute atomic E-state index is 0.175. The van der Waals surface area contributed by atoms with Crippen LogP contribution in [-0.2, 0) is 7.05 Å². The first kappa shape index (κ1) is 17.8. The number of amides is 1. The molecular weight excluding hydrogens is 335 g/mol. The molecule has 0 fully saturated rings. The van der Waals surface area contributed by atoms with Crippen LogP contribution in [0.1, 0.15) is 16.9 Å². The summed E-state index contributed by atoms with van der Waals surface area (Å²) in [5.41, 5.74) is 2.06. The molecule has 0 aliphatic carbocycles. The molecule has 1 amide bonds. The van der Waals surface area contributed by atoms with Gasteiger partial charge in [-0.2, -0.15) is 5.10 Å². The summed E-state index contributed by atoms with van der Waals surface area (Å²) in [6.45, 7) is 1.55. The first-order valence-corrected chi connectivity index (χ1v) is 8.06. The van der Waals surface area contributed by atoms with Gasteiger partial charge in [-0.1, -0.05) is 29.3 Å². The minimum atomic E-state index is -0.175. The van der Waals surface area contributed by atoms with Crippen LogP contribution in [0.2, 0.25) is 10.0 Å². The number of carbonyl (C=O) groups is 1. The maximum absolute atomic E-state index is 12.2. The second-order valence-corrected chi connectivity index (χ2v) is 6.39. The topological polar surface area (TPSA) is 50.2 Å². The van der Waals surface area contributed by atoms with Gasteiger partial charge in [-0.3, -0.25) is 9.48 Å². The second-order valence-electron chi connectivity index (χ2n) is 5.58. The maximum Gasteiger partial charge on any atom is 0.271 e. The van der Waals surface area contributed by atoms with E-state index in [4.69, 9.17) is 23.2 Å². The fraction of sp³-hybridized carbons (Fsp3) is 0.375. The number of halogens is 2. The van der Waals surface area contributed by atoms with Gasteiger partial charge in [0.1, 0.15) is 0 Å². The van der Waals surface area contributed by atoms with E-state index < -0.39 is 0 Å². The predicted octanol–water partition coefficient (Wildman–Crippen LogP) is 3.08. The van der Waals surface area contributed by atoms with Crippen LogP contribution < -0.4 is 5.32 Å². The average molecular weight is 355 g/mol. The number of nitrogens with one attached hydrogen (secondary N) is 1. The van der Waals surface area contributed by atoms with Gasteiger partial charge in [-0.05, 0) is 45.3 Å². The Labute approximate surface area is 146 Å². The van der Waals surface area contributed by atoms with Crippen molar-refractivity contribution in [2.75, 3.05) is 27.2 Å². The Bertz CT molecular complexity index is 697. The lowest BCUT2D eigenvalue weighted by atomic mass is 10.1. The fourth-order valence-corrected chi connectivity index (χ4v) is 2.49. The van der Waals surface area contributed by atoms with Crippen molar-refractivity contribution in [2.24, 2.45) is 7.05 Å². The molecule has 5 nitrogen and oxygen atoms in total. The van der Waals surface area contributed by atoms with E-state index in [1.54, 1.807) is 29.9 Å². The number of benzene rings is 1. The molecule has 7 heteroatoms. The lowest BCUT2D eigenvalue weighted by Crippen LogP contribution is -2.27. The van der Waals surface area contributed by atoms with E-state index in [0.29, 0.717) is 22.3 Å². The molecule has 0 saturated carbocycles. The van der Waals surface area contributed by atoms with Crippen LogP contribution in [0, 0.1) is 0 Å². The average Bonchev–Trinajstić information content (AvgIpc) is 2.88. The number of carbonyl (C=O) groups excluding carboxylic acids is 1. The summed E-state index contributed by atoms with van der Waals surface area (Å²) in [6.07, 6.45) is 0.894. The Morgan fingerprint density at radius 3 is 2.65 bits per heavy atom. The molecule has 2 aromatic rings. The van der Waals surface area contributed by atoms with Crippen molar-refractivity contribution in [1.82, 2.24) is 20.0 Å². The molecule has 0 bridgehead atoms. The van der Waals surface area contributed by atoms with E-state index in [9.17, 15) is 4.79 Å². The first-order chi connectivity index (χ1) is 10.9. The van der Waals surface area contributed by atoms with E-state index in [2.05, 4.69) is 15.3 Å². The van der Waals surface area contributed by atoms with E-state index in [-0.39, 0.29) is 5.91 Å². The van der Waals surface area contributed by atoms with Gasteiger partial charge in [0, 0.05) is 19.2 Å². The molecule has 0 aliphatic rings. The van der Waals surface area contributed by atoms with Crippen molar-refractivity contribution in [3.63, 3.8) is 0 Å². The molecule has 0 aliphatic heterocycles.